The van der Waals surface area contributed by atoms with Crippen LogP contribution in [0.25, 0.3) is 33.7 Å². The van der Waals surface area contributed by atoms with Crippen LogP contribution in [0.1, 0.15) is 11.1 Å². The highest BCUT2D eigenvalue weighted by Crippen LogP contribution is 2.33. The van der Waals surface area contributed by atoms with Crippen molar-refractivity contribution in [1.82, 2.24) is 0 Å². The number of rotatable bonds is 0. The smallest absolute Gasteiger partial charge is 0.134 e. The lowest BCUT2D eigenvalue weighted by Gasteiger charge is -2.14. The van der Waals surface area contributed by atoms with Crippen molar-refractivity contribution in [3.8, 4) is 11.5 Å². The minimum Gasteiger partial charge on any atom is -0.489 e. The molecular formula is C26H20O2. The first-order valence-corrected chi connectivity index (χ1v) is 9.52. The number of benzene rings is 4. The largest absolute Gasteiger partial charge is 0.489 e. The fraction of sp³-hybridized carbons (Fsp3) is 0.0769. The maximum atomic E-state index is 5.65. The molecule has 0 radical (unpaired) electrons. The average Bonchev–Trinajstić information content (AvgIpc) is 2.79. The summed E-state index contributed by atoms with van der Waals surface area (Å²) in [5, 5.41) is 4.97. The molecule has 0 saturated heterocycles. The third-order valence-corrected chi connectivity index (χ3v) is 5.08. The Kier molecular flexibility index (Phi) is 4.30. The number of hydrogen-bond donors (Lipinski definition) is 0. The molecule has 2 heteroatoms. The molecule has 4 aromatic rings. The third kappa shape index (κ3) is 3.03. The van der Waals surface area contributed by atoms with Gasteiger partial charge >= 0.3 is 0 Å². The van der Waals surface area contributed by atoms with Crippen molar-refractivity contribution in [1.29, 1.82) is 0 Å². The first-order valence-electron chi connectivity index (χ1n) is 9.52. The van der Waals surface area contributed by atoms with Gasteiger partial charge in [0.15, 0.2) is 0 Å². The second kappa shape index (κ2) is 7.24. The van der Waals surface area contributed by atoms with Gasteiger partial charge < -0.3 is 9.47 Å². The molecule has 0 unspecified atom stereocenters. The van der Waals surface area contributed by atoms with Gasteiger partial charge in [-0.05, 0) is 34.4 Å². The van der Waals surface area contributed by atoms with Crippen molar-refractivity contribution in [3.05, 3.63) is 96.1 Å². The Morgan fingerprint density at radius 2 is 1.25 bits per heavy atom. The van der Waals surface area contributed by atoms with Gasteiger partial charge in [-0.1, -0.05) is 78.9 Å². The normalized spacial score (nSPS) is 13.7. The van der Waals surface area contributed by atoms with Gasteiger partial charge in [-0.2, -0.15) is 0 Å². The molecule has 0 spiro atoms. The van der Waals surface area contributed by atoms with E-state index in [0.29, 0.717) is 13.2 Å². The Hall–Kier alpha value is -3.52. The fourth-order valence-electron chi connectivity index (χ4n) is 3.74. The van der Waals surface area contributed by atoms with Crippen molar-refractivity contribution < 1.29 is 9.47 Å². The topological polar surface area (TPSA) is 18.5 Å². The Labute approximate surface area is 164 Å². The quantitative estimate of drug-likeness (QED) is 0.355. The Bertz CT molecular complexity index is 1220. The summed E-state index contributed by atoms with van der Waals surface area (Å²) in [6.07, 6.45) is 8.35. The lowest BCUT2D eigenvalue weighted by Crippen LogP contribution is -2.00. The SMILES string of the molecule is C1=Cc2c(ccc3ccccc23)OC1.C1=Cc2ccc3ccccc3c2OC1. The van der Waals surface area contributed by atoms with Gasteiger partial charge in [0.2, 0.25) is 0 Å². The Balaban J connectivity index is 0.000000122. The molecule has 2 aliphatic heterocycles. The zero-order valence-electron chi connectivity index (χ0n) is 15.5. The highest BCUT2D eigenvalue weighted by atomic mass is 16.5. The molecule has 0 fully saturated rings. The molecule has 6 rings (SSSR count). The molecule has 2 aliphatic rings. The average molecular weight is 364 g/mol. The maximum absolute atomic E-state index is 5.65. The monoisotopic (exact) mass is 364 g/mol. The van der Waals surface area contributed by atoms with Gasteiger partial charge in [0.25, 0.3) is 0 Å². The molecule has 0 amide bonds. The van der Waals surface area contributed by atoms with Crippen LogP contribution in [0, 0.1) is 0 Å². The molecule has 0 N–H and O–H groups in total. The van der Waals surface area contributed by atoms with E-state index in [0.717, 1.165) is 11.5 Å². The van der Waals surface area contributed by atoms with Gasteiger partial charge in [-0.15, -0.1) is 0 Å². The summed E-state index contributed by atoms with van der Waals surface area (Å²) in [4.78, 5) is 0. The maximum Gasteiger partial charge on any atom is 0.134 e. The van der Waals surface area contributed by atoms with Gasteiger partial charge in [0.05, 0.1) is 0 Å². The lowest BCUT2D eigenvalue weighted by atomic mass is 10.0. The molecule has 2 heterocycles. The van der Waals surface area contributed by atoms with E-state index in [9.17, 15) is 0 Å². The molecule has 136 valence electrons. The van der Waals surface area contributed by atoms with E-state index in [1.807, 2.05) is 24.3 Å². The first kappa shape index (κ1) is 16.6. The Morgan fingerprint density at radius 3 is 2.14 bits per heavy atom. The van der Waals surface area contributed by atoms with Crippen LogP contribution in [0.15, 0.2) is 84.9 Å². The van der Waals surface area contributed by atoms with E-state index in [1.165, 1.54) is 32.7 Å². The summed E-state index contributed by atoms with van der Waals surface area (Å²) in [7, 11) is 0. The number of fused-ring (bicyclic) bond motifs is 6. The lowest BCUT2D eigenvalue weighted by molar-refractivity contribution is 0.359. The third-order valence-electron chi connectivity index (χ3n) is 5.08. The predicted octanol–water partition coefficient (Wildman–Crippen LogP) is 6.49. The Morgan fingerprint density at radius 1 is 0.571 bits per heavy atom. The van der Waals surface area contributed by atoms with E-state index in [4.69, 9.17) is 9.47 Å². The molecule has 4 aromatic carbocycles. The summed E-state index contributed by atoms with van der Waals surface area (Å²) < 4.78 is 11.2. The number of hydrogen-bond acceptors (Lipinski definition) is 2. The van der Waals surface area contributed by atoms with Crippen molar-refractivity contribution in [3.63, 3.8) is 0 Å². The van der Waals surface area contributed by atoms with Gasteiger partial charge in [-0.3, -0.25) is 0 Å². The van der Waals surface area contributed by atoms with Crippen molar-refractivity contribution >= 4 is 33.7 Å². The van der Waals surface area contributed by atoms with E-state index < -0.39 is 0 Å². The van der Waals surface area contributed by atoms with Crippen LogP contribution in [0.3, 0.4) is 0 Å². The first-order chi connectivity index (χ1) is 13.9. The summed E-state index contributed by atoms with van der Waals surface area (Å²) in [5.74, 6) is 2.01. The molecule has 0 aromatic heterocycles. The molecule has 0 bridgehead atoms. The zero-order chi connectivity index (χ0) is 18.8. The highest BCUT2D eigenvalue weighted by molar-refractivity contribution is 5.93. The molecule has 2 nitrogen and oxygen atoms in total. The summed E-state index contributed by atoms with van der Waals surface area (Å²) in [5.41, 5.74) is 2.38. The van der Waals surface area contributed by atoms with Crippen LogP contribution in [0.2, 0.25) is 0 Å². The fourth-order valence-corrected chi connectivity index (χ4v) is 3.74. The number of ether oxygens (including phenoxy) is 2. The molecule has 0 aliphatic carbocycles. The summed E-state index contributed by atoms with van der Waals surface area (Å²) >= 11 is 0. The van der Waals surface area contributed by atoms with Gasteiger partial charge in [0.1, 0.15) is 24.7 Å². The summed E-state index contributed by atoms with van der Waals surface area (Å²) in [6, 6.07) is 25.1. The minimum absolute atomic E-state index is 0.682. The van der Waals surface area contributed by atoms with Crippen molar-refractivity contribution in [2.45, 2.75) is 0 Å². The van der Waals surface area contributed by atoms with Gasteiger partial charge in [0, 0.05) is 16.5 Å². The summed E-state index contributed by atoms with van der Waals surface area (Å²) in [6.45, 7) is 1.37. The molecule has 0 atom stereocenters. The van der Waals surface area contributed by atoms with E-state index in [-0.39, 0.29) is 0 Å². The van der Waals surface area contributed by atoms with Crippen LogP contribution in [0.5, 0.6) is 11.5 Å². The van der Waals surface area contributed by atoms with Gasteiger partial charge in [-0.25, -0.2) is 0 Å². The van der Waals surface area contributed by atoms with E-state index in [2.05, 4.69) is 72.8 Å². The second-order valence-electron chi connectivity index (χ2n) is 6.83. The molecular weight excluding hydrogens is 344 g/mol. The van der Waals surface area contributed by atoms with Crippen LogP contribution >= 0.6 is 0 Å². The van der Waals surface area contributed by atoms with Crippen LogP contribution in [-0.4, -0.2) is 13.2 Å². The molecule has 28 heavy (non-hydrogen) atoms. The zero-order valence-corrected chi connectivity index (χ0v) is 15.5. The molecule has 0 saturated carbocycles. The van der Waals surface area contributed by atoms with E-state index >= 15 is 0 Å². The second-order valence-corrected chi connectivity index (χ2v) is 6.83. The van der Waals surface area contributed by atoms with Crippen LogP contribution < -0.4 is 9.47 Å². The van der Waals surface area contributed by atoms with Crippen LogP contribution in [0.4, 0.5) is 0 Å². The van der Waals surface area contributed by atoms with Crippen molar-refractivity contribution in [2.24, 2.45) is 0 Å². The predicted molar refractivity (Wildman–Crippen MR) is 117 cm³/mol. The minimum atomic E-state index is 0.682. The standard InChI is InChI=1S/2C13H10O/c1-2-6-12-10(4-1)7-8-11-5-3-9-14-13(11)12;1-2-5-11-10(4-1)7-8-13-12(11)6-3-9-14-13/h2*1-8H,9H2. The van der Waals surface area contributed by atoms with Crippen molar-refractivity contribution in [2.75, 3.05) is 13.2 Å². The van der Waals surface area contributed by atoms with E-state index in [1.54, 1.807) is 0 Å². The highest BCUT2D eigenvalue weighted by Gasteiger charge is 2.09. The van der Waals surface area contributed by atoms with Crippen LogP contribution in [-0.2, 0) is 0 Å².